The molecule has 0 saturated heterocycles. The molecule has 0 aliphatic carbocycles. The Balaban J connectivity index is 1.91. The fourth-order valence-electron chi connectivity index (χ4n) is 2.84. The molecule has 2 aromatic rings. The third-order valence-electron chi connectivity index (χ3n) is 3.84. The molecule has 1 atom stereocenters. The van der Waals surface area contributed by atoms with Crippen LogP contribution in [0.25, 0.3) is 0 Å². The van der Waals surface area contributed by atoms with Crippen molar-refractivity contribution in [1.82, 2.24) is 0 Å². The molecular formula is C17H20N2. The normalized spacial score (nSPS) is 18.8. The van der Waals surface area contributed by atoms with Gasteiger partial charge in [0.15, 0.2) is 0 Å². The van der Waals surface area contributed by atoms with Crippen molar-refractivity contribution in [2.24, 2.45) is 5.73 Å². The van der Waals surface area contributed by atoms with Crippen molar-refractivity contribution >= 4 is 5.69 Å². The highest BCUT2D eigenvalue weighted by atomic mass is 15.1. The summed E-state index contributed by atoms with van der Waals surface area (Å²) in [7, 11) is 0. The van der Waals surface area contributed by atoms with Gasteiger partial charge in [0.1, 0.15) is 0 Å². The Kier molecular flexibility index (Phi) is 3.51. The Morgan fingerprint density at radius 1 is 1.00 bits per heavy atom. The monoisotopic (exact) mass is 252 g/mol. The van der Waals surface area contributed by atoms with Gasteiger partial charge in [-0.3, -0.25) is 0 Å². The second-order valence-corrected chi connectivity index (χ2v) is 5.21. The minimum absolute atomic E-state index is 0.178. The highest BCUT2D eigenvalue weighted by molar-refractivity contribution is 5.56. The molecule has 0 radical (unpaired) electrons. The number of para-hydroxylation sites is 1. The topological polar surface area (TPSA) is 29.3 Å². The largest absolute Gasteiger partial charge is 0.367 e. The molecular weight excluding hydrogens is 232 g/mol. The maximum atomic E-state index is 6.28. The first kappa shape index (κ1) is 12.2. The van der Waals surface area contributed by atoms with E-state index < -0.39 is 0 Å². The first-order valence-corrected chi connectivity index (χ1v) is 6.98. The molecule has 1 aliphatic heterocycles. The summed E-state index contributed by atoms with van der Waals surface area (Å²) in [5, 5.41) is 0. The summed E-state index contributed by atoms with van der Waals surface area (Å²) in [6, 6.07) is 19.4. The first-order valence-electron chi connectivity index (χ1n) is 6.98. The third kappa shape index (κ3) is 2.64. The molecule has 3 rings (SSSR count). The molecule has 0 fully saturated rings. The van der Waals surface area contributed by atoms with Crippen molar-refractivity contribution in [2.75, 3.05) is 11.4 Å². The number of anilines is 1. The highest BCUT2D eigenvalue weighted by Crippen LogP contribution is 2.32. The minimum Gasteiger partial charge on any atom is -0.367 e. The van der Waals surface area contributed by atoms with Crippen LogP contribution in [0.1, 0.15) is 30.0 Å². The summed E-state index contributed by atoms with van der Waals surface area (Å²) in [5.41, 5.74) is 10.2. The zero-order valence-electron chi connectivity index (χ0n) is 11.1. The van der Waals surface area contributed by atoms with Crippen LogP contribution >= 0.6 is 0 Å². The molecule has 0 spiro atoms. The molecule has 0 saturated carbocycles. The van der Waals surface area contributed by atoms with E-state index >= 15 is 0 Å². The minimum atomic E-state index is 0.178. The number of rotatable bonds is 2. The second kappa shape index (κ2) is 5.45. The third-order valence-corrected chi connectivity index (χ3v) is 3.84. The Morgan fingerprint density at radius 3 is 2.58 bits per heavy atom. The predicted molar refractivity (Wildman–Crippen MR) is 80.1 cm³/mol. The van der Waals surface area contributed by atoms with Crippen molar-refractivity contribution in [3.63, 3.8) is 0 Å². The first-order chi connectivity index (χ1) is 9.34. The Morgan fingerprint density at radius 2 is 1.74 bits per heavy atom. The van der Waals surface area contributed by atoms with Gasteiger partial charge < -0.3 is 10.6 Å². The lowest BCUT2D eigenvalue weighted by molar-refractivity contribution is 0.626. The molecule has 0 amide bonds. The standard InChI is InChI=1S/C17H20N2/c18-16-10-6-12-19(13-14-7-2-1-3-8-14)17-11-5-4-9-15(16)17/h1-5,7-9,11,16H,6,10,12-13,18H2. The molecule has 1 heterocycles. The average molecular weight is 252 g/mol. The number of hydrogen-bond acceptors (Lipinski definition) is 2. The van der Waals surface area contributed by atoms with Crippen LogP contribution in [0.15, 0.2) is 54.6 Å². The summed E-state index contributed by atoms with van der Waals surface area (Å²) in [6.07, 6.45) is 2.23. The summed E-state index contributed by atoms with van der Waals surface area (Å²) in [5.74, 6) is 0. The zero-order chi connectivity index (χ0) is 13.1. The van der Waals surface area contributed by atoms with Gasteiger partial charge in [-0.1, -0.05) is 48.5 Å². The predicted octanol–water partition coefficient (Wildman–Crippen LogP) is 3.49. The summed E-state index contributed by atoms with van der Waals surface area (Å²) < 4.78 is 0. The van der Waals surface area contributed by atoms with Gasteiger partial charge in [0, 0.05) is 24.8 Å². The number of nitrogens with two attached hydrogens (primary N) is 1. The Bertz CT molecular complexity index is 536. The van der Waals surface area contributed by atoms with Gasteiger partial charge in [-0.15, -0.1) is 0 Å². The van der Waals surface area contributed by atoms with Gasteiger partial charge in [0.25, 0.3) is 0 Å². The van der Waals surface area contributed by atoms with Crippen LogP contribution < -0.4 is 10.6 Å². The Labute approximate surface area is 114 Å². The lowest BCUT2D eigenvalue weighted by Gasteiger charge is -2.25. The van der Waals surface area contributed by atoms with Crippen LogP contribution in [-0.2, 0) is 6.54 Å². The van der Waals surface area contributed by atoms with Crippen LogP contribution in [0.4, 0.5) is 5.69 Å². The number of nitrogens with zero attached hydrogens (tertiary/aromatic N) is 1. The van der Waals surface area contributed by atoms with Crippen LogP contribution in [0, 0.1) is 0 Å². The van der Waals surface area contributed by atoms with E-state index in [0.29, 0.717) is 0 Å². The van der Waals surface area contributed by atoms with Gasteiger partial charge in [0.05, 0.1) is 0 Å². The molecule has 2 nitrogen and oxygen atoms in total. The van der Waals surface area contributed by atoms with E-state index in [2.05, 4.69) is 59.5 Å². The van der Waals surface area contributed by atoms with Crippen molar-refractivity contribution in [3.05, 3.63) is 65.7 Å². The second-order valence-electron chi connectivity index (χ2n) is 5.21. The molecule has 2 aromatic carbocycles. The van der Waals surface area contributed by atoms with Gasteiger partial charge in [-0.05, 0) is 30.0 Å². The van der Waals surface area contributed by atoms with E-state index in [0.717, 1.165) is 25.9 Å². The Hall–Kier alpha value is -1.80. The van der Waals surface area contributed by atoms with Gasteiger partial charge in [-0.2, -0.15) is 0 Å². The quantitative estimate of drug-likeness (QED) is 0.886. The van der Waals surface area contributed by atoms with Crippen molar-refractivity contribution in [2.45, 2.75) is 25.4 Å². The van der Waals surface area contributed by atoms with Crippen LogP contribution in [0.2, 0.25) is 0 Å². The number of fused-ring (bicyclic) bond motifs is 1. The van der Waals surface area contributed by atoms with E-state index in [9.17, 15) is 0 Å². The molecule has 0 aromatic heterocycles. The average Bonchev–Trinajstić information content (AvgIpc) is 2.61. The van der Waals surface area contributed by atoms with E-state index in [-0.39, 0.29) is 6.04 Å². The molecule has 1 aliphatic rings. The van der Waals surface area contributed by atoms with E-state index in [1.54, 1.807) is 0 Å². The van der Waals surface area contributed by atoms with Gasteiger partial charge in [-0.25, -0.2) is 0 Å². The van der Waals surface area contributed by atoms with Gasteiger partial charge >= 0.3 is 0 Å². The van der Waals surface area contributed by atoms with Crippen LogP contribution in [0.5, 0.6) is 0 Å². The molecule has 98 valence electrons. The van der Waals surface area contributed by atoms with Crippen molar-refractivity contribution in [3.8, 4) is 0 Å². The van der Waals surface area contributed by atoms with E-state index in [1.165, 1.54) is 16.8 Å². The maximum absolute atomic E-state index is 6.28. The molecule has 2 N–H and O–H groups in total. The number of benzene rings is 2. The smallest absolute Gasteiger partial charge is 0.0429 e. The van der Waals surface area contributed by atoms with Crippen molar-refractivity contribution < 1.29 is 0 Å². The summed E-state index contributed by atoms with van der Waals surface area (Å²) >= 11 is 0. The highest BCUT2D eigenvalue weighted by Gasteiger charge is 2.19. The molecule has 19 heavy (non-hydrogen) atoms. The van der Waals surface area contributed by atoms with Crippen molar-refractivity contribution in [1.29, 1.82) is 0 Å². The van der Waals surface area contributed by atoms with E-state index in [1.807, 2.05) is 0 Å². The zero-order valence-corrected chi connectivity index (χ0v) is 11.1. The summed E-state index contributed by atoms with van der Waals surface area (Å²) in [4.78, 5) is 2.46. The molecule has 0 bridgehead atoms. The van der Waals surface area contributed by atoms with Gasteiger partial charge in [0.2, 0.25) is 0 Å². The van der Waals surface area contributed by atoms with E-state index in [4.69, 9.17) is 5.73 Å². The lowest BCUT2D eigenvalue weighted by atomic mass is 10.0. The fraction of sp³-hybridized carbons (Fsp3) is 0.294. The SMILES string of the molecule is NC1CCCN(Cc2ccccc2)c2ccccc21. The molecule has 2 heteroatoms. The van der Waals surface area contributed by atoms with Crippen LogP contribution in [-0.4, -0.2) is 6.54 Å². The molecule has 1 unspecified atom stereocenters. The number of hydrogen-bond donors (Lipinski definition) is 1. The summed E-state index contributed by atoms with van der Waals surface area (Å²) in [6.45, 7) is 2.05. The fourth-order valence-corrected chi connectivity index (χ4v) is 2.84. The lowest BCUT2D eigenvalue weighted by Crippen LogP contribution is -2.23. The van der Waals surface area contributed by atoms with Crippen LogP contribution in [0.3, 0.4) is 0 Å². The maximum Gasteiger partial charge on any atom is 0.0429 e.